The fourth-order valence-electron chi connectivity index (χ4n) is 3.13. The van der Waals surface area contributed by atoms with Gasteiger partial charge in [0, 0.05) is 10.4 Å². The lowest BCUT2D eigenvalue weighted by Crippen LogP contribution is -2.11. The van der Waals surface area contributed by atoms with E-state index in [1.54, 1.807) is 11.3 Å². The van der Waals surface area contributed by atoms with Gasteiger partial charge in [0.25, 0.3) is 5.56 Å². The van der Waals surface area contributed by atoms with E-state index in [4.69, 9.17) is 4.98 Å². The smallest absolute Gasteiger partial charge is 0.260 e. The molecule has 0 saturated carbocycles. The molecule has 1 N–H and O–H groups in total. The Labute approximate surface area is 126 Å². The largest absolute Gasteiger partial charge is 0.306 e. The first-order chi connectivity index (χ1) is 10.2. The van der Waals surface area contributed by atoms with E-state index in [-0.39, 0.29) is 5.56 Å². The summed E-state index contributed by atoms with van der Waals surface area (Å²) in [6, 6.07) is 8.03. The molecule has 2 heterocycles. The van der Waals surface area contributed by atoms with Crippen LogP contribution in [0.5, 0.6) is 0 Å². The third-order valence-corrected chi connectivity index (χ3v) is 5.41. The lowest BCUT2D eigenvalue weighted by molar-refractivity contribution is 0.700. The number of H-pyrrole nitrogens is 1. The van der Waals surface area contributed by atoms with Crippen LogP contribution in [0.1, 0.15) is 28.8 Å². The van der Waals surface area contributed by atoms with Crippen molar-refractivity contribution in [2.45, 2.75) is 32.6 Å². The van der Waals surface area contributed by atoms with Gasteiger partial charge in [-0.15, -0.1) is 11.3 Å². The molecule has 0 spiro atoms. The molecule has 1 aliphatic carbocycles. The van der Waals surface area contributed by atoms with E-state index in [0.29, 0.717) is 5.82 Å². The molecule has 1 aliphatic rings. The van der Waals surface area contributed by atoms with Gasteiger partial charge in [-0.3, -0.25) is 4.79 Å². The second kappa shape index (κ2) is 4.81. The first-order valence-corrected chi connectivity index (χ1v) is 8.16. The molecule has 1 aromatic carbocycles. The number of benzene rings is 1. The normalized spacial score (nSPS) is 14.3. The van der Waals surface area contributed by atoms with Crippen LogP contribution in [0.15, 0.2) is 29.1 Å². The maximum absolute atomic E-state index is 12.5. The monoisotopic (exact) mass is 296 g/mol. The predicted octanol–water partition coefficient (Wildman–Crippen LogP) is 3.84. The number of nitrogens with zero attached hydrogens (tertiary/aromatic N) is 1. The van der Waals surface area contributed by atoms with Crippen molar-refractivity contribution < 1.29 is 0 Å². The molecule has 3 nitrogen and oxygen atoms in total. The van der Waals surface area contributed by atoms with Crippen molar-refractivity contribution in [2.75, 3.05) is 0 Å². The Kier molecular flexibility index (Phi) is 2.93. The van der Waals surface area contributed by atoms with Gasteiger partial charge in [0.05, 0.1) is 5.39 Å². The molecule has 0 bridgehead atoms. The molecule has 0 atom stereocenters. The molecule has 4 heteroatoms. The molecule has 0 fully saturated rings. The van der Waals surface area contributed by atoms with Crippen molar-refractivity contribution in [3.63, 3.8) is 0 Å². The lowest BCUT2D eigenvalue weighted by atomic mass is 9.97. The quantitative estimate of drug-likeness (QED) is 0.741. The summed E-state index contributed by atoms with van der Waals surface area (Å²) in [5, 5.41) is 0.826. The fourth-order valence-corrected chi connectivity index (χ4v) is 4.39. The summed E-state index contributed by atoms with van der Waals surface area (Å²) in [4.78, 5) is 22.5. The maximum Gasteiger partial charge on any atom is 0.260 e. The van der Waals surface area contributed by atoms with Gasteiger partial charge < -0.3 is 4.98 Å². The standard InChI is InChI=1S/C17H16N2OS/c1-10-6-2-3-7-11(10)15-18-16(20)14-12-8-4-5-9-13(12)21-17(14)19-15/h2-3,6-7H,4-5,8-9H2,1H3,(H,18,19,20). The summed E-state index contributed by atoms with van der Waals surface area (Å²) in [7, 11) is 0. The van der Waals surface area contributed by atoms with Crippen LogP contribution >= 0.6 is 11.3 Å². The average Bonchev–Trinajstić information content (AvgIpc) is 2.86. The fraction of sp³-hybridized carbons (Fsp3) is 0.294. The molecule has 4 rings (SSSR count). The van der Waals surface area contributed by atoms with E-state index >= 15 is 0 Å². The highest BCUT2D eigenvalue weighted by Gasteiger charge is 2.20. The van der Waals surface area contributed by atoms with Crippen molar-refractivity contribution in [1.82, 2.24) is 9.97 Å². The molecular formula is C17H16N2OS. The number of aromatic nitrogens is 2. The Morgan fingerprint density at radius 3 is 2.86 bits per heavy atom. The summed E-state index contributed by atoms with van der Waals surface area (Å²) in [6.07, 6.45) is 4.51. The number of aryl methyl sites for hydroxylation is 3. The molecule has 3 aromatic rings. The van der Waals surface area contributed by atoms with Gasteiger partial charge in [-0.25, -0.2) is 4.98 Å². The summed E-state index contributed by atoms with van der Waals surface area (Å²) >= 11 is 1.70. The minimum atomic E-state index is 0.0117. The Bertz CT molecular complexity index is 891. The number of aromatic amines is 1. The summed E-state index contributed by atoms with van der Waals surface area (Å²) in [5.41, 5.74) is 3.38. The van der Waals surface area contributed by atoms with Crippen LogP contribution in [0.25, 0.3) is 21.6 Å². The molecule has 0 saturated heterocycles. The Hall–Kier alpha value is -1.94. The SMILES string of the molecule is Cc1ccccc1-c1nc2sc3c(c2c(=O)[nH]1)CCCC3. The highest BCUT2D eigenvalue weighted by molar-refractivity contribution is 7.18. The van der Waals surface area contributed by atoms with Crippen molar-refractivity contribution in [2.24, 2.45) is 0 Å². The van der Waals surface area contributed by atoms with Crippen LogP contribution in [-0.4, -0.2) is 9.97 Å². The van der Waals surface area contributed by atoms with E-state index in [0.717, 1.165) is 34.2 Å². The topological polar surface area (TPSA) is 45.8 Å². The van der Waals surface area contributed by atoms with Gasteiger partial charge >= 0.3 is 0 Å². The summed E-state index contributed by atoms with van der Waals surface area (Å²) in [6.45, 7) is 2.04. The summed E-state index contributed by atoms with van der Waals surface area (Å²) in [5.74, 6) is 0.684. The summed E-state index contributed by atoms with van der Waals surface area (Å²) < 4.78 is 0. The second-order valence-electron chi connectivity index (χ2n) is 5.62. The molecule has 21 heavy (non-hydrogen) atoms. The van der Waals surface area contributed by atoms with Crippen molar-refractivity contribution in [3.05, 3.63) is 50.6 Å². The highest BCUT2D eigenvalue weighted by Crippen LogP contribution is 2.34. The van der Waals surface area contributed by atoms with Crippen molar-refractivity contribution in [1.29, 1.82) is 0 Å². The van der Waals surface area contributed by atoms with Crippen LogP contribution < -0.4 is 5.56 Å². The van der Waals surface area contributed by atoms with E-state index in [1.165, 1.54) is 23.3 Å². The van der Waals surface area contributed by atoms with Crippen LogP contribution in [-0.2, 0) is 12.8 Å². The van der Waals surface area contributed by atoms with Crippen LogP contribution in [0.4, 0.5) is 0 Å². The lowest BCUT2D eigenvalue weighted by Gasteiger charge is -2.09. The number of hydrogen-bond donors (Lipinski definition) is 1. The van der Waals surface area contributed by atoms with Gasteiger partial charge in [-0.05, 0) is 43.7 Å². The minimum absolute atomic E-state index is 0.0117. The Balaban J connectivity index is 1.98. The Morgan fingerprint density at radius 1 is 1.19 bits per heavy atom. The average molecular weight is 296 g/mol. The third kappa shape index (κ3) is 2.02. The van der Waals surface area contributed by atoms with Gasteiger partial charge in [-0.1, -0.05) is 24.3 Å². The number of thiophene rings is 1. The first kappa shape index (κ1) is 12.8. The van der Waals surface area contributed by atoms with E-state index in [2.05, 4.69) is 4.98 Å². The van der Waals surface area contributed by atoms with E-state index in [9.17, 15) is 4.79 Å². The van der Waals surface area contributed by atoms with Gasteiger partial charge in [0.1, 0.15) is 10.7 Å². The first-order valence-electron chi connectivity index (χ1n) is 7.34. The minimum Gasteiger partial charge on any atom is -0.306 e. The molecule has 106 valence electrons. The Morgan fingerprint density at radius 2 is 2.00 bits per heavy atom. The van der Waals surface area contributed by atoms with Crippen LogP contribution in [0, 0.1) is 6.92 Å². The molecule has 0 radical (unpaired) electrons. The molecule has 0 aliphatic heterocycles. The highest BCUT2D eigenvalue weighted by atomic mass is 32.1. The number of hydrogen-bond acceptors (Lipinski definition) is 3. The molecule has 0 amide bonds. The number of rotatable bonds is 1. The number of fused-ring (bicyclic) bond motifs is 3. The maximum atomic E-state index is 12.5. The van der Waals surface area contributed by atoms with Crippen LogP contribution in [0.2, 0.25) is 0 Å². The van der Waals surface area contributed by atoms with Gasteiger partial charge in [0.2, 0.25) is 0 Å². The van der Waals surface area contributed by atoms with Crippen molar-refractivity contribution in [3.8, 4) is 11.4 Å². The second-order valence-corrected chi connectivity index (χ2v) is 6.70. The van der Waals surface area contributed by atoms with E-state index < -0.39 is 0 Å². The zero-order valence-electron chi connectivity index (χ0n) is 11.9. The molecule has 0 unspecified atom stereocenters. The third-order valence-electron chi connectivity index (χ3n) is 4.23. The molecule has 2 aromatic heterocycles. The van der Waals surface area contributed by atoms with Gasteiger partial charge in [0.15, 0.2) is 0 Å². The van der Waals surface area contributed by atoms with Crippen molar-refractivity contribution >= 4 is 21.6 Å². The number of nitrogens with one attached hydrogen (secondary N) is 1. The predicted molar refractivity (Wildman–Crippen MR) is 87.1 cm³/mol. The molecular weight excluding hydrogens is 280 g/mol. The zero-order chi connectivity index (χ0) is 14.4. The van der Waals surface area contributed by atoms with Crippen LogP contribution in [0.3, 0.4) is 0 Å². The zero-order valence-corrected chi connectivity index (χ0v) is 12.7. The van der Waals surface area contributed by atoms with Gasteiger partial charge in [-0.2, -0.15) is 0 Å². The van der Waals surface area contributed by atoms with E-state index in [1.807, 2.05) is 31.2 Å².